The number of hydrogen-bond donors (Lipinski definition) is 0. The van der Waals surface area contributed by atoms with Crippen LogP contribution in [0.3, 0.4) is 0 Å². The fraction of sp³-hybridized carbons (Fsp3) is 0.0164. The number of anilines is 6. The molecule has 0 bridgehead atoms. The highest BCUT2D eigenvalue weighted by molar-refractivity contribution is 6.15. The van der Waals surface area contributed by atoms with Crippen LogP contribution in [0.4, 0.5) is 34.1 Å². The molecule has 63 heavy (non-hydrogen) atoms. The van der Waals surface area contributed by atoms with E-state index in [1.165, 1.54) is 76.8 Å². The molecule has 0 saturated heterocycles. The van der Waals surface area contributed by atoms with Gasteiger partial charge < -0.3 is 9.80 Å². The highest BCUT2D eigenvalue weighted by atomic mass is 15.2. The molecule has 0 radical (unpaired) electrons. The van der Waals surface area contributed by atoms with E-state index in [-0.39, 0.29) is 0 Å². The van der Waals surface area contributed by atoms with Crippen LogP contribution in [0.2, 0.25) is 0 Å². The van der Waals surface area contributed by atoms with Crippen molar-refractivity contribution in [3.8, 4) is 22.3 Å². The van der Waals surface area contributed by atoms with Crippen LogP contribution in [0.15, 0.2) is 243 Å². The molecule has 2 aliphatic carbocycles. The van der Waals surface area contributed by atoms with Gasteiger partial charge in [0.05, 0.1) is 22.5 Å². The molecule has 0 aliphatic heterocycles. The minimum Gasteiger partial charge on any atom is -0.310 e. The number of rotatable bonds is 6. The average Bonchev–Trinajstić information content (AvgIpc) is 3.82. The Morgan fingerprint density at radius 2 is 0.778 bits per heavy atom. The zero-order valence-corrected chi connectivity index (χ0v) is 34.5. The normalized spacial score (nSPS) is 14.4. The summed E-state index contributed by atoms with van der Waals surface area (Å²) in [5, 5.41) is 7.37. The molecule has 11 aromatic carbocycles. The molecule has 2 nitrogen and oxygen atoms in total. The first kappa shape index (κ1) is 35.5. The predicted molar refractivity (Wildman–Crippen MR) is 265 cm³/mol. The molecule has 1 unspecified atom stereocenters. The lowest BCUT2D eigenvalue weighted by molar-refractivity contribution is 0.793. The van der Waals surface area contributed by atoms with Crippen LogP contribution in [0.25, 0.3) is 54.6 Å². The summed E-state index contributed by atoms with van der Waals surface area (Å²) in [6.45, 7) is 0. The average molecular weight is 801 g/mol. The van der Waals surface area contributed by atoms with Crippen molar-refractivity contribution >= 4 is 66.4 Å². The topological polar surface area (TPSA) is 6.48 Å². The van der Waals surface area contributed by atoms with Gasteiger partial charge in [0.25, 0.3) is 0 Å². The Balaban J connectivity index is 1.11. The van der Waals surface area contributed by atoms with Gasteiger partial charge in [-0.3, -0.25) is 0 Å². The van der Waals surface area contributed by atoms with Crippen LogP contribution in [-0.4, -0.2) is 0 Å². The van der Waals surface area contributed by atoms with Gasteiger partial charge in [-0.05, 0) is 115 Å². The maximum Gasteiger partial charge on any atom is 0.0727 e. The summed E-state index contributed by atoms with van der Waals surface area (Å²) in [6, 6.07) is 89.7. The highest BCUT2D eigenvalue weighted by Gasteiger charge is 2.52. The molecule has 2 aliphatic rings. The molecule has 0 fully saturated rings. The van der Waals surface area contributed by atoms with Crippen molar-refractivity contribution in [2.24, 2.45) is 0 Å². The molecule has 2 heteroatoms. The molecule has 0 aromatic heterocycles. The minimum absolute atomic E-state index is 0.571. The first-order valence-electron chi connectivity index (χ1n) is 21.9. The van der Waals surface area contributed by atoms with E-state index in [0.29, 0.717) is 0 Å². The molecular formula is C61H40N2. The van der Waals surface area contributed by atoms with E-state index in [1.807, 2.05) is 0 Å². The van der Waals surface area contributed by atoms with E-state index in [1.54, 1.807) is 0 Å². The Labute approximate surface area is 367 Å². The highest BCUT2D eigenvalue weighted by Crippen LogP contribution is 2.65. The van der Waals surface area contributed by atoms with Crippen LogP contribution in [0.5, 0.6) is 0 Å². The molecule has 13 rings (SSSR count). The van der Waals surface area contributed by atoms with Gasteiger partial charge in [0.15, 0.2) is 0 Å². The van der Waals surface area contributed by atoms with Crippen molar-refractivity contribution in [2.75, 3.05) is 9.80 Å². The van der Waals surface area contributed by atoms with Crippen LogP contribution in [0, 0.1) is 0 Å². The van der Waals surface area contributed by atoms with Gasteiger partial charge in [-0.2, -0.15) is 0 Å². The number of benzene rings is 11. The Morgan fingerprint density at radius 3 is 1.56 bits per heavy atom. The van der Waals surface area contributed by atoms with Crippen LogP contribution < -0.4 is 9.80 Å². The second-order valence-electron chi connectivity index (χ2n) is 16.8. The van der Waals surface area contributed by atoms with Gasteiger partial charge in [-0.25, -0.2) is 0 Å². The fourth-order valence-corrected chi connectivity index (χ4v) is 11.1. The second-order valence-corrected chi connectivity index (χ2v) is 16.8. The molecule has 0 saturated carbocycles. The van der Waals surface area contributed by atoms with E-state index in [0.717, 1.165) is 34.1 Å². The van der Waals surface area contributed by atoms with Crippen molar-refractivity contribution in [3.63, 3.8) is 0 Å². The van der Waals surface area contributed by atoms with Crippen molar-refractivity contribution in [2.45, 2.75) is 5.41 Å². The van der Waals surface area contributed by atoms with E-state index in [4.69, 9.17) is 0 Å². The third kappa shape index (κ3) is 5.13. The summed E-state index contributed by atoms with van der Waals surface area (Å²) in [4.78, 5) is 4.96. The molecule has 0 heterocycles. The van der Waals surface area contributed by atoms with E-state index < -0.39 is 5.41 Å². The lowest BCUT2D eigenvalue weighted by Crippen LogP contribution is -2.26. The fourth-order valence-electron chi connectivity index (χ4n) is 11.1. The van der Waals surface area contributed by atoms with E-state index >= 15 is 0 Å². The molecule has 1 spiro atoms. The van der Waals surface area contributed by atoms with Crippen LogP contribution >= 0.6 is 0 Å². The van der Waals surface area contributed by atoms with Gasteiger partial charge in [-0.15, -0.1) is 0 Å². The van der Waals surface area contributed by atoms with Gasteiger partial charge in [-0.1, -0.05) is 188 Å². The number of nitrogens with zero attached hydrogens (tertiary/aromatic N) is 2. The van der Waals surface area contributed by atoms with Crippen molar-refractivity contribution in [1.29, 1.82) is 0 Å². The van der Waals surface area contributed by atoms with Crippen LogP contribution in [-0.2, 0) is 5.41 Å². The minimum atomic E-state index is -0.571. The Morgan fingerprint density at radius 1 is 0.254 bits per heavy atom. The summed E-state index contributed by atoms with van der Waals surface area (Å²) in [5.74, 6) is 0. The third-order valence-electron chi connectivity index (χ3n) is 13.6. The predicted octanol–water partition coefficient (Wildman–Crippen LogP) is 16.4. The van der Waals surface area contributed by atoms with Crippen molar-refractivity contribution < 1.29 is 0 Å². The number of fused-ring (bicyclic) bond motifs is 14. The van der Waals surface area contributed by atoms with E-state index in [9.17, 15) is 0 Å². The van der Waals surface area contributed by atoms with Crippen LogP contribution in [0.1, 0.15) is 22.3 Å². The zero-order chi connectivity index (χ0) is 41.5. The molecule has 0 amide bonds. The standard InChI is InChI=1S/C61H40N2/c1-3-22-43(23-4-1)62(57-35-17-21-41-19-7-10-27-47(41)57)45-37-38-50-49-29-13-15-32-53(49)61(56(50)40-45)54-33-16-14-31-52(54)60-55(61)34-18-36-58(60)63(44-24-5-2-6-25-44)59-39-42-20-8-9-26-46(42)48-28-11-12-30-51(48)59/h1-40H. The molecular weight excluding hydrogens is 761 g/mol. The van der Waals surface area contributed by atoms with Gasteiger partial charge in [0.2, 0.25) is 0 Å². The van der Waals surface area contributed by atoms with Crippen molar-refractivity contribution in [3.05, 3.63) is 265 Å². The Kier molecular flexibility index (Phi) is 7.85. The largest absolute Gasteiger partial charge is 0.310 e. The summed E-state index contributed by atoms with van der Waals surface area (Å²) in [5.41, 5.74) is 16.6. The quantitative estimate of drug-likeness (QED) is 0.155. The van der Waals surface area contributed by atoms with Gasteiger partial charge in [0.1, 0.15) is 0 Å². The Hall–Kier alpha value is -8.20. The first-order chi connectivity index (χ1) is 31.3. The molecule has 294 valence electrons. The maximum absolute atomic E-state index is 2.51. The van der Waals surface area contributed by atoms with Crippen molar-refractivity contribution in [1.82, 2.24) is 0 Å². The summed E-state index contributed by atoms with van der Waals surface area (Å²) in [7, 11) is 0. The lowest BCUT2D eigenvalue weighted by atomic mass is 9.70. The smallest absolute Gasteiger partial charge is 0.0727 e. The first-order valence-corrected chi connectivity index (χ1v) is 21.9. The monoisotopic (exact) mass is 800 g/mol. The number of para-hydroxylation sites is 2. The molecule has 0 N–H and O–H groups in total. The summed E-state index contributed by atoms with van der Waals surface area (Å²) < 4.78 is 0. The Bertz CT molecular complexity index is 3590. The lowest BCUT2D eigenvalue weighted by Gasteiger charge is -2.33. The number of hydrogen-bond acceptors (Lipinski definition) is 2. The third-order valence-corrected chi connectivity index (χ3v) is 13.6. The van der Waals surface area contributed by atoms with Gasteiger partial charge >= 0.3 is 0 Å². The SMILES string of the molecule is c1ccc(N(c2ccc3c(c2)C2(c4ccccc4-3)c3ccccc3-c3c(N(c4ccccc4)c4cc5ccccc5c5ccccc45)cccc32)c2cccc3ccccc23)cc1. The van der Waals surface area contributed by atoms with E-state index in [2.05, 4.69) is 252 Å². The second kappa shape index (κ2) is 13.9. The summed E-state index contributed by atoms with van der Waals surface area (Å²) >= 11 is 0. The molecule has 1 atom stereocenters. The maximum atomic E-state index is 2.51. The zero-order valence-electron chi connectivity index (χ0n) is 34.5. The van der Waals surface area contributed by atoms with Gasteiger partial charge in [0, 0.05) is 33.4 Å². The summed E-state index contributed by atoms with van der Waals surface area (Å²) in [6.07, 6.45) is 0. The molecule has 11 aromatic rings.